The van der Waals surface area contributed by atoms with Crippen LogP contribution in [-0.2, 0) is 4.74 Å². The van der Waals surface area contributed by atoms with Crippen LogP contribution in [0, 0.1) is 18.7 Å². The Morgan fingerprint density at radius 1 is 1.28 bits per heavy atom. The maximum Gasteiger partial charge on any atom is 0.341 e. The zero-order valence-corrected chi connectivity index (χ0v) is 10.9. The van der Waals surface area contributed by atoms with Crippen molar-refractivity contribution >= 4 is 5.97 Å². The van der Waals surface area contributed by atoms with E-state index < -0.39 is 11.8 Å². The Kier molecular flexibility index (Phi) is 4.00. The zero-order valence-electron chi connectivity index (χ0n) is 10.9. The predicted octanol–water partition coefficient (Wildman–Crippen LogP) is 3.87. The molecule has 0 N–H and O–H groups in total. The number of carbonyl (C=O) groups is 1. The molecule has 3 heteroatoms. The SMILES string of the molecule is Cc1cccc(C(=O)OC2CCC(C)CC2)c1F. The van der Waals surface area contributed by atoms with E-state index in [4.69, 9.17) is 4.74 Å². The molecule has 1 saturated carbocycles. The summed E-state index contributed by atoms with van der Waals surface area (Å²) < 4.78 is 19.2. The minimum atomic E-state index is -0.532. The number of hydrogen-bond acceptors (Lipinski definition) is 2. The largest absolute Gasteiger partial charge is 0.459 e. The van der Waals surface area contributed by atoms with Crippen LogP contribution in [0.1, 0.15) is 48.5 Å². The van der Waals surface area contributed by atoms with E-state index in [1.54, 1.807) is 19.1 Å². The molecule has 0 saturated heterocycles. The lowest BCUT2D eigenvalue weighted by Crippen LogP contribution is -2.24. The van der Waals surface area contributed by atoms with Crippen molar-refractivity contribution in [3.05, 3.63) is 35.1 Å². The first-order chi connectivity index (χ1) is 8.58. The van der Waals surface area contributed by atoms with Crippen molar-refractivity contribution in [1.29, 1.82) is 0 Å². The molecule has 0 amide bonds. The molecule has 1 aliphatic rings. The van der Waals surface area contributed by atoms with Crippen LogP contribution in [0.15, 0.2) is 18.2 Å². The third kappa shape index (κ3) is 2.89. The van der Waals surface area contributed by atoms with Crippen LogP contribution in [0.3, 0.4) is 0 Å². The third-order valence-electron chi connectivity index (χ3n) is 3.65. The molecule has 0 radical (unpaired) electrons. The third-order valence-corrected chi connectivity index (χ3v) is 3.65. The second kappa shape index (κ2) is 5.51. The summed E-state index contributed by atoms with van der Waals surface area (Å²) >= 11 is 0. The van der Waals surface area contributed by atoms with Crippen LogP contribution in [0.2, 0.25) is 0 Å². The quantitative estimate of drug-likeness (QED) is 0.745. The molecule has 0 unspecified atom stereocenters. The smallest absolute Gasteiger partial charge is 0.341 e. The number of rotatable bonds is 2. The normalized spacial score (nSPS) is 23.7. The molecule has 0 atom stereocenters. The molecule has 2 rings (SSSR count). The van der Waals surface area contributed by atoms with Gasteiger partial charge in [0.25, 0.3) is 0 Å². The van der Waals surface area contributed by atoms with E-state index in [-0.39, 0.29) is 11.7 Å². The van der Waals surface area contributed by atoms with Gasteiger partial charge in [0.05, 0.1) is 5.56 Å². The highest BCUT2D eigenvalue weighted by molar-refractivity contribution is 5.90. The lowest BCUT2D eigenvalue weighted by atomic mass is 9.89. The lowest BCUT2D eigenvalue weighted by molar-refractivity contribution is 0.0169. The van der Waals surface area contributed by atoms with Crippen LogP contribution in [-0.4, -0.2) is 12.1 Å². The van der Waals surface area contributed by atoms with Crippen molar-refractivity contribution in [3.8, 4) is 0 Å². The summed E-state index contributed by atoms with van der Waals surface area (Å²) in [5.74, 6) is -0.293. The molecule has 98 valence electrons. The fraction of sp³-hybridized carbons (Fsp3) is 0.533. The van der Waals surface area contributed by atoms with Crippen LogP contribution in [0.25, 0.3) is 0 Å². The van der Waals surface area contributed by atoms with Crippen LogP contribution in [0.4, 0.5) is 4.39 Å². The number of carbonyl (C=O) groups excluding carboxylic acids is 1. The van der Waals surface area contributed by atoms with Gasteiger partial charge in [0, 0.05) is 0 Å². The van der Waals surface area contributed by atoms with E-state index in [0.29, 0.717) is 11.5 Å². The second-order valence-corrected chi connectivity index (χ2v) is 5.22. The Labute approximate surface area is 107 Å². The summed E-state index contributed by atoms with van der Waals surface area (Å²) in [6, 6.07) is 4.81. The van der Waals surface area contributed by atoms with Gasteiger partial charge in [-0.25, -0.2) is 9.18 Å². The molecule has 0 aliphatic heterocycles. The Balaban J connectivity index is 2.01. The van der Waals surface area contributed by atoms with Crippen molar-refractivity contribution in [3.63, 3.8) is 0 Å². The van der Waals surface area contributed by atoms with Crippen LogP contribution in [0.5, 0.6) is 0 Å². The minimum Gasteiger partial charge on any atom is -0.459 e. The van der Waals surface area contributed by atoms with Gasteiger partial charge in [0.1, 0.15) is 11.9 Å². The zero-order chi connectivity index (χ0) is 13.1. The number of halogens is 1. The number of benzene rings is 1. The van der Waals surface area contributed by atoms with Crippen LogP contribution < -0.4 is 0 Å². The molecular formula is C15H19FO2. The maximum atomic E-state index is 13.8. The number of aryl methyl sites for hydroxylation is 1. The molecule has 0 heterocycles. The van der Waals surface area contributed by atoms with Gasteiger partial charge < -0.3 is 4.74 Å². The molecule has 1 fully saturated rings. The van der Waals surface area contributed by atoms with Gasteiger partial charge in [0.2, 0.25) is 0 Å². The fourth-order valence-electron chi connectivity index (χ4n) is 2.37. The van der Waals surface area contributed by atoms with Crippen molar-refractivity contribution in [2.24, 2.45) is 5.92 Å². The van der Waals surface area contributed by atoms with E-state index >= 15 is 0 Å². The molecule has 1 aliphatic carbocycles. The summed E-state index contributed by atoms with van der Waals surface area (Å²) in [6.45, 7) is 3.85. The standard InChI is InChI=1S/C15H19FO2/c1-10-6-8-12(9-7-10)18-15(17)13-5-3-4-11(2)14(13)16/h3-5,10,12H,6-9H2,1-2H3. The highest BCUT2D eigenvalue weighted by Gasteiger charge is 2.23. The molecule has 1 aromatic rings. The first-order valence-corrected chi connectivity index (χ1v) is 6.54. The predicted molar refractivity (Wildman–Crippen MR) is 68.0 cm³/mol. The number of esters is 1. The first-order valence-electron chi connectivity index (χ1n) is 6.54. The van der Waals surface area contributed by atoms with E-state index in [0.717, 1.165) is 25.7 Å². The Hall–Kier alpha value is -1.38. The summed E-state index contributed by atoms with van der Waals surface area (Å²) in [5, 5.41) is 0. The Morgan fingerprint density at radius 3 is 2.61 bits per heavy atom. The van der Waals surface area contributed by atoms with Crippen molar-refractivity contribution in [1.82, 2.24) is 0 Å². The summed E-state index contributed by atoms with van der Waals surface area (Å²) in [6.07, 6.45) is 3.89. The first kappa shape index (κ1) is 13.1. The van der Waals surface area contributed by atoms with E-state index in [9.17, 15) is 9.18 Å². The molecule has 2 nitrogen and oxygen atoms in total. The van der Waals surface area contributed by atoms with Crippen molar-refractivity contribution < 1.29 is 13.9 Å². The topological polar surface area (TPSA) is 26.3 Å². The Bertz CT molecular complexity index is 434. The van der Waals surface area contributed by atoms with Gasteiger partial charge in [-0.1, -0.05) is 19.1 Å². The molecule has 0 bridgehead atoms. The van der Waals surface area contributed by atoms with Crippen molar-refractivity contribution in [2.45, 2.75) is 45.6 Å². The van der Waals surface area contributed by atoms with Gasteiger partial charge in [-0.2, -0.15) is 0 Å². The van der Waals surface area contributed by atoms with Crippen LogP contribution >= 0.6 is 0 Å². The molecular weight excluding hydrogens is 231 g/mol. The second-order valence-electron chi connectivity index (χ2n) is 5.22. The lowest BCUT2D eigenvalue weighted by Gasteiger charge is -2.26. The maximum absolute atomic E-state index is 13.8. The minimum absolute atomic E-state index is 0.0476. The summed E-state index contributed by atoms with van der Waals surface area (Å²) in [4.78, 5) is 11.9. The van der Waals surface area contributed by atoms with Gasteiger partial charge >= 0.3 is 5.97 Å². The summed E-state index contributed by atoms with van der Waals surface area (Å²) in [7, 11) is 0. The van der Waals surface area contributed by atoms with Gasteiger partial charge in [-0.15, -0.1) is 0 Å². The van der Waals surface area contributed by atoms with Gasteiger partial charge in [0.15, 0.2) is 0 Å². The number of ether oxygens (including phenoxy) is 1. The molecule has 1 aromatic carbocycles. The molecule has 0 spiro atoms. The van der Waals surface area contributed by atoms with E-state index in [1.165, 1.54) is 6.07 Å². The van der Waals surface area contributed by atoms with Crippen molar-refractivity contribution in [2.75, 3.05) is 0 Å². The average Bonchev–Trinajstić information content (AvgIpc) is 2.35. The molecule has 18 heavy (non-hydrogen) atoms. The van der Waals surface area contributed by atoms with E-state index in [2.05, 4.69) is 6.92 Å². The Morgan fingerprint density at radius 2 is 1.94 bits per heavy atom. The summed E-state index contributed by atoms with van der Waals surface area (Å²) in [5.41, 5.74) is 0.523. The highest BCUT2D eigenvalue weighted by Crippen LogP contribution is 2.26. The van der Waals surface area contributed by atoms with Gasteiger partial charge in [-0.05, 0) is 50.2 Å². The molecule has 0 aromatic heterocycles. The average molecular weight is 250 g/mol. The van der Waals surface area contributed by atoms with E-state index in [1.807, 2.05) is 0 Å². The number of hydrogen-bond donors (Lipinski definition) is 0. The highest BCUT2D eigenvalue weighted by atomic mass is 19.1. The monoisotopic (exact) mass is 250 g/mol. The fourth-order valence-corrected chi connectivity index (χ4v) is 2.37. The van der Waals surface area contributed by atoms with Gasteiger partial charge in [-0.3, -0.25) is 0 Å².